The molecule has 1 aromatic heterocycles. The van der Waals surface area contributed by atoms with E-state index in [0.29, 0.717) is 48.3 Å². The van der Waals surface area contributed by atoms with Gasteiger partial charge >= 0.3 is 0 Å². The summed E-state index contributed by atoms with van der Waals surface area (Å²) >= 11 is 1.48. The molecule has 0 spiro atoms. The number of hydrogen-bond donors (Lipinski definition) is 0. The number of carbonyl (C=O) groups excluding carboxylic acids is 1. The van der Waals surface area contributed by atoms with E-state index < -0.39 is 10.0 Å². The average Bonchev–Trinajstić information content (AvgIpc) is 2.91. The van der Waals surface area contributed by atoms with Gasteiger partial charge in [-0.25, -0.2) is 8.42 Å². The van der Waals surface area contributed by atoms with Crippen LogP contribution in [0.25, 0.3) is 0 Å². The lowest BCUT2D eigenvalue weighted by Gasteiger charge is -2.34. The maximum Gasteiger partial charge on any atom is 0.254 e. The Morgan fingerprint density at radius 2 is 1.69 bits per heavy atom. The van der Waals surface area contributed by atoms with Crippen molar-refractivity contribution < 1.29 is 22.7 Å². The van der Waals surface area contributed by atoms with Crippen LogP contribution in [0.2, 0.25) is 0 Å². The molecule has 7 nitrogen and oxygen atoms in total. The summed E-state index contributed by atoms with van der Waals surface area (Å²) in [7, 11) is -3.53. The van der Waals surface area contributed by atoms with Crippen LogP contribution >= 0.6 is 11.3 Å². The minimum Gasteiger partial charge on any atom is -0.490 e. The Morgan fingerprint density at radius 3 is 2.34 bits per heavy atom. The van der Waals surface area contributed by atoms with Gasteiger partial charge in [0.1, 0.15) is 0 Å². The maximum atomic E-state index is 13.0. The molecular formula is C20H24N2O5S2. The molecule has 0 aliphatic carbocycles. The van der Waals surface area contributed by atoms with E-state index in [9.17, 15) is 13.2 Å². The first kappa shape index (κ1) is 20.2. The summed E-state index contributed by atoms with van der Waals surface area (Å²) in [6, 6.07) is 6.93. The lowest BCUT2D eigenvalue weighted by Crippen LogP contribution is -2.50. The van der Waals surface area contributed by atoms with Gasteiger partial charge in [0.25, 0.3) is 5.91 Å². The summed E-state index contributed by atoms with van der Waals surface area (Å²) < 4.78 is 38.7. The number of nitrogens with zero attached hydrogens (tertiary/aromatic N) is 2. The molecule has 2 aliphatic rings. The van der Waals surface area contributed by atoms with E-state index in [1.165, 1.54) is 15.6 Å². The van der Waals surface area contributed by atoms with Gasteiger partial charge in [-0.2, -0.15) is 4.31 Å². The minimum absolute atomic E-state index is 0.125. The second-order valence-corrected chi connectivity index (χ2v) is 10.6. The van der Waals surface area contributed by atoms with Crippen LogP contribution in [0.5, 0.6) is 11.5 Å². The fraction of sp³-hybridized carbons (Fsp3) is 0.450. The molecule has 2 aromatic rings. The third-order valence-corrected chi connectivity index (χ3v) is 8.25. The van der Waals surface area contributed by atoms with Crippen LogP contribution in [0, 0.1) is 13.8 Å². The number of fused-ring (bicyclic) bond motifs is 1. The smallest absolute Gasteiger partial charge is 0.254 e. The van der Waals surface area contributed by atoms with Crippen molar-refractivity contribution in [2.45, 2.75) is 25.2 Å². The number of rotatable bonds is 3. The highest BCUT2D eigenvalue weighted by atomic mass is 32.2. The van der Waals surface area contributed by atoms with E-state index in [0.717, 1.165) is 16.2 Å². The number of carbonyl (C=O) groups is 1. The van der Waals surface area contributed by atoms with Gasteiger partial charge in [0.15, 0.2) is 11.5 Å². The predicted octanol–water partition coefficient (Wildman–Crippen LogP) is 2.67. The van der Waals surface area contributed by atoms with Crippen LogP contribution in [0.1, 0.15) is 26.5 Å². The van der Waals surface area contributed by atoms with E-state index in [1.807, 2.05) is 13.8 Å². The largest absolute Gasteiger partial charge is 0.490 e. The molecule has 0 atom stereocenters. The summed E-state index contributed by atoms with van der Waals surface area (Å²) in [5.41, 5.74) is 0.523. The first-order chi connectivity index (χ1) is 13.9. The zero-order chi connectivity index (χ0) is 20.6. The molecular weight excluding hydrogens is 412 g/mol. The van der Waals surface area contributed by atoms with Crippen molar-refractivity contribution >= 4 is 27.3 Å². The molecule has 1 aromatic carbocycles. The van der Waals surface area contributed by atoms with Crippen LogP contribution < -0.4 is 9.47 Å². The molecule has 29 heavy (non-hydrogen) atoms. The monoisotopic (exact) mass is 436 g/mol. The predicted molar refractivity (Wildman–Crippen MR) is 111 cm³/mol. The Balaban J connectivity index is 1.45. The third-order valence-electron chi connectivity index (χ3n) is 5.13. The number of piperazine rings is 1. The zero-order valence-electron chi connectivity index (χ0n) is 16.5. The fourth-order valence-electron chi connectivity index (χ4n) is 3.61. The Labute approximate surface area is 174 Å². The first-order valence-corrected chi connectivity index (χ1v) is 11.9. The summed E-state index contributed by atoms with van der Waals surface area (Å²) in [6.45, 7) is 6.17. The summed E-state index contributed by atoms with van der Waals surface area (Å²) in [5.74, 6) is 1.11. The minimum atomic E-state index is -3.53. The number of benzene rings is 1. The number of sulfonamides is 1. The molecule has 1 amide bonds. The second kappa shape index (κ2) is 7.97. The summed E-state index contributed by atoms with van der Waals surface area (Å²) in [6.07, 6.45) is 0.803. The van der Waals surface area contributed by atoms with Crippen molar-refractivity contribution in [3.63, 3.8) is 0 Å². The molecule has 0 N–H and O–H groups in total. The van der Waals surface area contributed by atoms with Gasteiger partial charge in [0.05, 0.1) is 18.1 Å². The van der Waals surface area contributed by atoms with Crippen LogP contribution in [-0.4, -0.2) is 62.9 Å². The van der Waals surface area contributed by atoms with Gasteiger partial charge in [0.2, 0.25) is 10.0 Å². The standard InChI is InChI=1S/C20H24N2O5S2/c1-14-12-19(15(2)28-14)29(24,25)22-8-6-21(7-9-22)20(23)16-4-5-17-18(13-16)27-11-3-10-26-17/h4-5,12-13H,3,6-11H2,1-2H3. The number of aryl methyl sites for hydroxylation is 2. The Kier molecular flexibility index (Phi) is 5.54. The quantitative estimate of drug-likeness (QED) is 0.739. The number of ether oxygens (including phenoxy) is 2. The van der Waals surface area contributed by atoms with Crippen LogP contribution in [-0.2, 0) is 10.0 Å². The lowest BCUT2D eigenvalue weighted by molar-refractivity contribution is 0.0697. The highest BCUT2D eigenvalue weighted by Crippen LogP contribution is 2.31. The van der Waals surface area contributed by atoms with E-state index in [4.69, 9.17) is 9.47 Å². The van der Waals surface area contributed by atoms with Crippen molar-refractivity contribution in [3.05, 3.63) is 39.6 Å². The first-order valence-electron chi connectivity index (χ1n) is 9.62. The van der Waals surface area contributed by atoms with E-state index >= 15 is 0 Å². The Bertz CT molecular complexity index is 1020. The SMILES string of the molecule is Cc1cc(S(=O)(=O)N2CCN(C(=O)c3ccc4c(c3)OCCCO4)CC2)c(C)s1. The Hall–Kier alpha value is -2.10. The fourth-order valence-corrected chi connectivity index (χ4v) is 6.56. The number of thiophene rings is 1. The second-order valence-electron chi connectivity index (χ2n) is 7.19. The van der Waals surface area contributed by atoms with Crippen LogP contribution in [0.15, 0.2) is 29.2 Å². The van der Waals surface area contributed by atoms with Crippen molar-refractivity contribution in [1.82, 2.24) is 9.21 Å². The summed E-state index contributed by atoms with van der Waals surface area (Å²) in [4.78, 5) is 16.8. The number of hydrogen-bond acceptors (Lipinski definition) is 6. The topological polar surface area (TPSA) is 76.2 Å². The summed E-state index contributed by atoms with van der Waals surface area (Å²) in [5, 5.41) is 0. The highest BCUT2D eigenvalue weighted by molar-refractivity contribution is 7.89. The molecule has 1 fully saturated rings. The molecule has 0 radical (unpaired) electrons. The molecule has 0 unspecified atom stereocenters. The molecule has 9 heteroatoms. The van der Waals surface area contributed by atoms with Crippen molar-refractivity contribution in [2.24, 2.45) is 0 Å². The van der Waals surface area contributed by atoms with Gasteiger partial charge < -0.3 is 14.4 Å². The molecule has 156 valence electrons. The third kappa shape index (κ3) is 3.99. The van der Waals surface area contributed by atoms with E-state index in [1.54, 1.807) is 29.2 Å². The number of amides is 1. The lowest BCUT2D eigenvalue weighted by atomic mass is 10.1. The molecule has 4 rings (SSSR count). The van der Waals surface area contributed by atoms with Gasteiger partial charge in [0, 0.05) is 47.9 Å². The van der Waals surface area contributed by atoms with Crippen molar-refractivity contribution in [2.75, 3.05) is 39.4 Å². The normalized spacial score (nSPS) is 17.8. The van der Waals surface area contributed by atoms with E-state index in [2.05, 4.69) is 0 Å². The molecule has 3 heterocycles. The molecule has 2 aliphatic heterocycles. The zero-order valence-corrected chi connectivity index (χ0v) is 18.1. The van der Waals surface area contributed by atoms with Gasteiger partial charge in [-0.1, -0.05) is 0 Å². The van der Waals surface area contributed by atoms with Crippen LogP contribution in [0.4, 0.5) is 0 Å². The Morgan fingerprint density at radius 1 is 1.00 bits per heavy atom. The van der Waals surface area contributed by atoms with Gasteiger partial charge in [-0.15, -0.1) is 11.3 Å². The van der Waals surface area contributed by atoms with Crippen LogP contribution in [0.3, 0.4) is 0 Å². The molecule has 0 bridgehead atoms. The van der Waals surface area contributed by atoms with Crippen molar-refractivity contribution in [1.29, 1.82) is 0 Å². The molecule has 1 saturated heterocycles. The van der Waals surface area contributed by atoms with E-state index in [-0.39, 0.29) is 19.0 Å². The average molecular weight is 437 g/mol. The van der Waals surface area contributed by atoms with Gasteiger partial charge in [-0.05, 0) is 38.1 Å². The maximum absolute atomic E-state index is 13.0. The van der Waals surface area contributed by atoms with Gasteiger partial charge in [-0.3, -0.25) is 4.79 Å². The highest BCUT2D eigenvalue weighted by Gasteiger charge is 2.32. The van der Waals surface area contributed by atoms with Crippen molar-refractivity contribution in [3.8, 4) is 11.5 Å². The molecule has 0 saturated carbocycles.